The van der Waals surface area contributed by atoms with Gasteiger partial charge in [0.05, 0.1) is 13.0 Å². The zero-order valence-corrected chi connectivity index (χ0v) is 11.9. The zero-order chi connectivity index (χ0) is 13.8. The summed E-state index contributed by atoms with van der Waals surface area (Å²) in [5.74, 6) is 0.223. The highest BCUT2D eigenvalue weighted by molar-refractivity contribution is 7.99. The van der Waals surface area contributed by atoms with Crippen molar-refractivity contribution >= 4 is 23.6 Å². The molecule has 5 heteroatoms. The molecule has 1 aromatic rings. The Labute approximate surface area is 117 Å². The van der Waals surface area contributed by atoms with E-state index in [1.165, 1.54) is 7.11 Å². The molecule has 0 bridgehead atoms. The molecular weight excluding hydrogens is 262 g/mol. The second-order valence-corrected chi connectivity index (χ2v) is 5.39. The number of likely N-dealkylation sites (N-methyl/N-ethyl adjacent to an activating group) is 1. The number of hydrogen-bond acceptors (Lipinski definition) is 4. The first-order valence-corrected chi connectivity index (χ1v) is 7.23. The molecule has 0 fully saturated rings. The number of carbonyl (C=O) groups excluding carboxylic acids is 2. The van der Waals surface area contributed by atoms with Crippen molar-refractivity contribution in [2.24, 2.45) is 0 Å². The van der Waals surface area contributed by atoms with Crippen LogP contribution in [-0.2, 0) is 14.3 Å². The quantitative estimate of drug-likeness (QED) is 0.790. The summed E-state index contributed by atoms with van der Waals surface area (Å²) in [5.41, 5.74) is 1.07. The first-order chi connectivity index (χ1) is 9.17. The Kier molecular flexibility index (Phi) is 4.47. The van der Waals surface area contributed by atoms with Gasteiger partial charge in [-0.25, -0.2) is 0 Å². The van der Waals surface area contributed by atoms with Crippen molar-refractivity contribution in [1.82, 2.24) is 4.90 Å². The number of thioether (sulfide) groups is 1. The minimum Gasteiger partial charge on any atom is -0.468 e. The molecule has 19 heavy (non-hydrogen) atoms. The molecule has 4 nitrogen and oxygen atoms in total. The van der Waals surface area contributed by atoms with Crippen LogP contribution in [0, 0.1) is 0 Å². The predicted molar refractivity (Wildman–Crippen MR) is 74.2 cm³/mol. The van der Waals surface area contributed by atoms with Gasteiger partial charge in [0, 0.05) is 17.2 Å². The van der Waals surface area contributed by atoms with Gasteiger partial charge in [-0.3, -0.25) is 9.59 Å². The number of ether oxygens (including phenoxy) is 1. The van der Waals surface area contributed by atoms with E-state index in [1.807, 2.05) is 31.2 Å². The summed E-state index contributed by atoms with van der Waals surface area (Å²) < 4.78 is 4.63. The number of esters is 1. The normalized spacial score (nSPS) is 16.8. The van der Waals surface area contributed by atoms with E-state index >= 15 is 0 Å². The largest absolute Gasteiger partial charge is 0.468 e. The zero-order valence-electron chi connectivity index (χ0n) is 11.1. The van der Waals surface area contributed by atoms with E-state index in [9.17, 15) is 9.59 Å². The molecule has 0 saturated heterocycles. The summed E-state index contributed by atoms with van der Waals surface area (Å²) in [5, 5.41) is 0. The molecule has 1 aliphatic heterocycles. The standard InChI is InChI=1S/C14H17NO3S/c1-3-15(8-13(16)18-2)14(17)11-9-19-12-7-5-4-6-10(11)12/h4-7,11H,3,8-9H2,1-2H3. The van der Waals surface area contributed by atoms with Crippen LogP contribution in [0.15, 0.2) is 29.2 Å². The van der Waals surface area contributed by atoms with Crippen LogP contribution in [0.3, 0.4) is 0 Å². The Balaban J connectivity index is 2.13. The Morgan fingerprint density at radius 3 is 2.84 bits per heavy atom. The molecule has 0 spiro atoms. The van der Waals surface area contributed by atoms with Gasteiger partial charge in [-0.05, 0) is 18.6 Å². The molecule has 1 heterocycles. The van der Waals surface area contributed by atoms with Gasteiger partial charge in [-0.2, -0.15) is 0 Å². The summed E-state index contributed by atoms with van der Waals surface area (Å²) in [7, 11) is 1.33. The number of methoxy groups -OCH3 is 1. The third-order valence-corrected chi connectivity index (χ3v) is 4.42. The fourth-order valence-corrected chi connectivity index (χ4v) is 3.37. The SMILES string of the molecule is CCN(CC(=O)OC)C(=O)C1CSc2ccccc21. The second kappa shape index (κ2) is 6.10. The van der Waals surface area contributed by atoms with Crippen molar-refractivity contribution in [3.8, 4) is 0 Å². The van der Waals surface area contributed by atoms with Crippen LogP contribution < -0.4 is 0 Å². The highest BCUT2D eigenvalue weighted by Gasteiger charge is 2.32. The Hall–Kier alpha value is -1.49. The van der Waals surface area contributed by atoms with Crippen molar-refractivity contribution in [3.05, 3.63) is 29.8 Å². The lowest BCUT2D eigenvalue weighted by atomic mass is 10.00. The average molecular weight is 279 g/mol. The number of carbonyl (C=O) groups is 2. The third kappa shape index (κ3) is 2.92. The summed E-state index contributed by atoms with van der Waals surface area (Å²) in [6, 6.07) is 7.94. The van der Waals surface area contributed by atoms with E-state index in [2.05, 4.69) is 4.74 Å². The van der Waals surface area contributed by atoms with Crippen molar-refractivity contribution in [3.63, 3.8) is 0 Å². The predicted octanol–water partition coefficient (Wildman–Crippen LogP) is 1.90. The van der Waals surface area contributed by atoms with Gasteiger partial charge in [0.25, 0.3) is 0 Å². The second-order valence-electron chi connectivity index (χ2n) is 4.33. The molecule has 1 unspecified atom stereocenters. The molecule has 1 atom stereocenters. The van der Waals surface area contributed by atoms with Crippen LogP contribution in [0.2, 0.25) is 0 Å². The Bertz CT molecular complexity index is 489. The highest BCUT2D eigenvalue weighted by Crippen LogP contribution is 2.40. The maximum atomic E-state index is 12.5. The molecule has 1 amide bonds. The molecule has 0 aliphatic carbocycles. The Morgan fingerprint density at radius 1 is 1.42 bits per heavy atom. The topological polar surface area (TPSA) is 46.6 Å². The van der Waals surface area contributed by atoms with E-state index in [0.717, 1.165) is 16.2 Å². The maximum absolute atomic E-state index is 12.5. The molecule has 1 aliphatic rings. The summed E-state index contributed by atoms with van der Waals surface area (Å²) in [6.07, 6.45) is 0. The van der Waals surface area contributed by atoms with Crippen LogP contribution in [-0.4, -0.2) is 42.7 Å². The molecule has 0 radical (unpaired) electrons. The smallest absolute Gasteiger partial charge is 0.325 e. The fraction of sp³-hybridized carbons (Fsp3) is 0.429. The number of fused-ring (bicyclic) bond motifs is 1. The lowest BCUT2D eigenvalue weighted by Crippen LogP contribution is -2.39. The van der Waals surface area contributed by atoms with Crippen LogP contribution in [0.25, 0.3) is 0 Å². The van der Waals surface area contributed by atoms with E-state index in [0.29, 0.717) is 6.54 Å². The van der Waals surface area contributed by atoms with E-state index < -0.39 is 0 Å². The molecular formula is C14H17NO3S. The highest BCUT2D eigenvalue weighted by atomic mass is 32.2. The maximum Gasteiger partial charge on any atom is 0.325 e. The van der Waals surface area contributed by atoms with E-state index in [-0.39, 0.29) is 24.3 Å². The third-order valence-electron chi connectivity index (χ3n) is 3.24. The van der Waals surface area contributed by atoms with Gasteiger partial charge in [-0.1, -0.05) is 18.2 Å². The van der Waals surface area contributed by atoms with E-state index in [4.69, 9.17) is 0 Å². The Morgan fingerprint density at radius 2 is 2.16 bits per heavy atom. The van der Waals surface area contributed by atoms with Gasteiger partial charge in [-0.15, -0.1) is 11.8 Å². The summed E-state index contributed by atoms with van der Waals surface area (Å²) >= 11 is 1.69. The first kappa shape index (κ1) is 13.9. The molecule has 1 aromatic carbocycles. The van der Waals surface area contributed by atoms with Crippen molar-refractivity contribution in [2.75, 3.05) is 26.0 Å². The number of amides is 1. The van der Waals surface area contributed by atoms with Gasteiger partial charge >= 0.3 is 5.97 Å². The number of nitrogens with zero attached hydrogens (tertiary/aromatic N) is 1. The van der Waals surface area contributed by atoms with Gasteiger partial charge in [0.15, 0.2) is 0 Å². The summed E-state index contributed by atoms with van der Waals surface area (Å²) in [4.78, 5) is 26.5. The minimum absolute atomic E-state index is 0.00495. The number of hydrogen-bond donors (Lipinski definition) is 0. The number of benzene rings is 1. The van der Waals surface area contributed by atoms with Gasteiger partial charge < -0.3 is 9.64 Å². The van der Waals surface area contributed by atoms with Gasteiger partial charge in [0.1, 0.15) is 6.54 Å². The molecule has 0 saturated carbocycles. The molecule has 2 rings (SSSR count). The minimum atomic E-state index is -0.380. The lowest BCUT2D eigenvalue weighted by Gasteiger charge is -2.23. The van der Waals surface area contributed by atoms with Crippen LogP contribution in [0.5, 0.6) is 0 Å². The monoisotopic (exact) mass is 279 g/mol. The van der Waals surface area contributed by atoms with Crippen molar-refractivity contribution in [2.45, 2.75) is 17.7 Å². The molecule has 0 N–H and O–H groups in total. The molecule has 0 aromatic heterocycles. The fourth-order valence-electron chi connectivity index (χ4n) is 2.15. The van der Waals surface area contributed by atoms with Crippen LogP contribution >= 0.6 is 11.8 Å². The first-order valence-electron chi connectivity index (χ1n) is 6.24. The van der Waals surface area contributed by atoms with Crippen LogP contribution in [0.1, 0.15) is 18.4 Å². The van der Waals surface area contributed by atoms with Crippen molar-refractivity contribution < 1.29 is 14.3 Å². The van der Waals surface area contributed by atoms with Gasteiger partial charge in [0.2, 0.25) is 5.91 Å². The van der Waals surface area contributed by atoms with Crippen molar-refractivity contribution in [1.29, 1.82) is 0 Å². The molecule has 102 valence electrons. The van der Waals surface area contributed by atoms with E-state index in [1.54, 1.807) is 16.7 Å². The average Bonchev–Trinajstić information content (AvgIpc) is 2.87. The summed E-state index contributed by atoms with van der Waals surface area (Å²) in [6.45, 7) is 2.40. The lowest BCUT2D eigenvalue weighted by molar-refractivity contribution is -0.147. The van der Waals surface area contributed by atoms with Crippen LogP contribution in [0.4, 0.5) is 0 Å². The number of rotatable bonds is 4.